The zero-order valence-corrected chi connectivity index (χ0v) is 15.8. The molecule has 2 N–H and O–H groups in total. The summed E-state index contributed by atoms with van der Waals surface area (Å²) in [5.74, 6) is 1.04. The highest BCUT2D eigenvalue weighted by atomic mass is 16.2. The Morgan fingerprint density at radius 2 is 1.81 bits per heavy atom. The maximum absolute atomic E-state index is 12.5. The predicted octanol–water partition coefficient (Wildman–Crippen LogP) is 1.83. The van der Waals surface area contributed by atoms with Gasteiger partial charge >= 0.3 is 0 Å². The molecule has 3 rings (SSSR count). The van der Waals surface area contributed by atoms with Gasteiger partial charge in [0.1, 0.15) is 0 Å². The van der Waals surface area contributed by atoms with Gasteiger partial charge < -0.3 is 20.4 Å². The van der Waals surface area contributed by atoms with Crippen molar-refractivity contribution in [1.82, 2.24) is 15.5 Å². The highest BCUT2D eigenvalue weighted by molar-refractivity contribution is 5.81. The lowest BCUT2D eigenvalue weighted by molar-refractivity contribution is -0.131. The van der Waals surface area contributed by atoms with Gasteiger partial charge in [-0.25, -0.2) is 0 Å². The number of rotatable bonds is 5. The first-order chi connectivity index (χ1) is 12.8. The van der Waals surface area contributed by atoms with Crippen LogP contribution >= 0.6 is 0 Å². The van der Waals surface area contributed by atoms with Crippen LogP contribution in [-0.4, -0.2) is 62.6 Å². The van der Waals surface area contributed by atoms with Crippen LogP contribution in [0.25, 0.3) is 0 Å². The van der Waals surface area contributed by atoms with E-state index in [1.165, 1.54) is 31.4 Å². The fourth-order valence-corrected chi connectivity index (χ4v) is 3.76. The van der Waals surface area contributed by atoms with Crippen LogP contribution in [0.1, 0.15) is 32.1 Å². The lowest BCUT2D eigenvalue weighted by Gasteiger charge is -2.36. The predicted molar refractivity (Wildman–Crippen MR) is 107 cm³/mol. The van der Waals surface area contributed by atoms with Gasteiger partial charge in [0.15, 0.2) is 5.96 Å². The number of para-hydroxylation sites is 1. The topological polar surface area (TPSA) is 60.0 Å². The number of piperazine rings is 1. The van der Waals surface area contributed by atoms with Gasteiger partial charge in [0.05, 0.1) is 0 Å². The van der Waals surface area contributed by atoms with Gasteiger partial charge in [-0.05, 0) is 25.0 Å². The molecule has 6 heteroatoms. The summed E-state index contributed by atoms with van der Waals surface area (Å²) in [7, 11) is 1.79. The minimum Gasteiger partial charge on any atom is -0.368 e. The van der Waals surface area contributed by atoms with Crippen molar-refractivity contribution in [1.29, 1.82) is 0 Å². The molecule has 0 aromatic heterocycles. The van der Waals surface area contributed by atoms with E-state index in [0.29, 0.717) is 19.0 Å². The van der Waals surface area contributed by atoms with Crippen molar-refractivity contribution < 1.29 is 4.79 Å². The second-order valence-electron chi connectivity index (χ2n) is 7.08. The Bertz CT molecular complexity index is 589. The standard InChI is InChI=1S/C20H31N5O/c1-21-20(23-17-7-5-6-8-17)22-12-11-19(26)25-15-13-24(14-16-25)18-9-3-2-4-10-18/h2-4,9-10,17H,5-8,11-16H2,1H3,(H2,21,22,23). The van der Waals surface area contributed by atoms with E-state index in [9.17, 15) is 4.79 Å². The van der Waals surface area contributed by atoms with Crippen LogP contribution in [0.4, 0.5) is 5.69 Å². The van der Waals surface area contributed by atoms with Crippen molar-refractivity contribution in [2.24, 2.45) is 4.99 Å². The third-order valence-corrected chi connectivity index (χ3v) is 5.30. The van der Waals surface area contributed by atoms with E-state index in [4.69, 9.17) is 0 Å². The van der Waals surface area contributed by atoms with Crippen LogP contribution < -0.4 is 15.5 Å². The van der Waals surface area contributed by atoms with Crippen molar-refractivity contribution in [2.45, 2.75) is 38.1 Å². The van der Waals surface area contributed by atoms with Gasteiger partial charge in [-0.2, -0.15) is 0 Å². The summed E-state index contributed by atoms with van der Waals surface area (Å²) in [6, 6.07) is 10.9. The molecule has 26 heavy (non-hydrogen) atoms. The van der Waals surface area contributed by atoms with Crippen LogP contribution in [-0.2, 0) is 4.79 Å². The van der Waals surface area contributed by atoms with E-state index in [2.05, 4.69) is 44.8 Å². The van der Waals surface area contributed by atoms with Gasteiger partial charge in [0, 0.05) is 57.9 Å². The molecule has 0 spiro atoms. The number of aliphatic imine (C=N–C) groups is 1. The maximum Gasteiger partial charge on any atom is 0.224 e. The third kappa shape index (κ3) is 5.13. The smallest absolute Gasteiger partial charge is 0.224 e. The van der Waals surface area contributed by atoms with Crippen molar-refractivity contribution in [3.63, 3.8) is 0 Å². The molecule has 1 heterocycles. The molecule has 1 aromatic carbocycles. The van der Waals surface area contributed by atoms with E-state index in [0.717, 1.165) is 32.1 Å². The molecule has 142 valence electrons. The summed E-state index contributed by atoms with van der Waals surface area (Å²) in [4.78, 5) is 21.1. The molecule has 2 aliphatic rings. The molecule has 0 unspecified atom stereocenters. The number of nitrogens with one attached hydrogen (secondary N) is 2. The van der Waals surface area contributed by atoms with Gasteiger partial charge in [0.25, 0.3) is 0 Å². The summed E-state index contributed by atoms with van der Waals surface area (Å²) < 4.78 is 0. The minimum atomic E-state index is 0.224. The Morgan fingerprint density at radius 1 is 1.12 bits per heavy atom. The molecule has 1 aliphatic heterocycles. The monoisotopic (exact) mass is 357 g/mol. The first-order valence-electron chi connectivity index (χ1n) is 9.81. The van der Waals surface area contributed by atoms with Gasteiger partial charge in [0.2, 0.25) is 5.91 Å². The lowest BCUT2D eigenvalue weighted by Crippen LogP contribution is -2.49. The maximum atomic E-state index is 12.5. The normalized spacial score (nSPS) is 18.9. The van der Waals surface area contributed by atoms with E-state index in [1.807, 2.05) is 11.0 Å². The van der Waals surface area contributed by atoms with Crippen molar-refractivity contribution in [3.8, 4) is 0 Å². The van der Waals surface area contributed by atoms with Crippen molar-refractivity contribution in [2.75, 3.05) is 44.7 Å². The Hall–Kier alpha value is -2.24. The average Bonchev–Trinajstić information content (AvgIpc) is 3.21. The van der Waals surface area contributed by atoms with Gasteiger partial charge in [-0.1, -0.05) is 31.0 Å². The lowest BCUT2D eigenvalue weighted by atomic mass is 10.2. The van der Waals surface area contributed by atoms with Crippen molar-refractivity contribution in [3.05, 3.63) is 30.3 Å². The van der Waals surface area contributed by atoms with Crippen molar-refractivity contribution >= 4 is 17.6 Å². The molecule has 0 atom stereocenters. The number of guanidine groups is 1. The first kappa shape index (κ1) is 18.5. The van der Waals surface area contributed by atoms with E-state index < -0.39 is 0 Å². The third-order valence-electron chi connectivity index (χ3n) is 5.30. The summed E-state index contributed by atoms with van der Waals surface area (Å²) in [6.45, 7) is 4.01. The fourth-order valence-electron chi connectivity index (χ4n) is 3.76. The molecule has 1 amide bonds. The molecule has 2 fully saturated rings. The van der Waals surface area contributed by atoms with Crippen LogP contribution in [0, 0.1) is 0 Å². The summed E-state index contributed by atoms with van der Waals surface area (Å²) in [5.41, 5.74) is 1.24. The number of benzene rings is 1. The summed E-state index contributed by atoms with van der Waals surface area (Å²) >= 11 is 0. The van der Waals surface area contributed by atoms with Crippen LogP contribution in [0.15, 0.2) is 35.3 Å². The van der Waals surface area contributed by atoms with E-state index in [-0.39, 0.29) is 5.91 Å². The average molecular weight is 358 g/mol. The second-order valence-corrected chi connectivity index (χ2v) is 7.08. The Labute approximate surface area is 156 Å². The zero-order chi connectivity index (χ0) is 18.2. The molecule has 0 radical (unpaired) electrons. The highest BCUT2D eigenvalue weighted by Gasteiger charge is 2.21. The quantitative estimate of drug-likeness (QED) is 0.624. The van der Waals surface area contributed by atoms with Crippen LogP contribution in [0.3, 0.4) is 0 Å². The molecule has 1 aliphatic carbocycles. The van der Waals surface area contributed by atoms with Crippen LogP contribution in [0.2, 0.25) is 0 Å². The Kier molecular flexibility index (Phi) is 6.75. The minimum absolute atomic E-state index is 0.224. The summed E-state index contributed by atoms with van der Waals surface area (Å²) in [6.07, 6.45) is 5.53. The number of carbonyl (C=O) groups excluding carboxylic acids is 1. The first-order valence-corrected chi connectivity index (χ1v) is 9.81. The number of carbonyl (C=O) groups is 1. The van der Waals surface area contributed by atoms with Crippen LogP contribution in [0.5, 0.6) is 0 Å². The zero-order valence-electron chi connectivity index (χ0n) is 15.8. The molecular formula is C20H31N5O. The number of hydrogen-bond donors (Lipinski definition) is 2. The summed E-state index contributed by atoms with van der Waals surface area (Å²) in [5, 5.41) is 6.73. The molecule has 0 bridgehead atoms. The molecule has 1 saturated carbocycles. The fraction of sp³-hybridized carbons (Fsp3) is 0.600. The number of amides is 1. The largest absolute Gasteiger partial charge is 0.368 e. The Balaban J connectivity index is 1.36. The van der Waals surface area contributed by atoms with Gasteiger partial charge in [-0.15, -0.1) is 0 Å². The van der Waals surface area contributed by atoms with E-state index in [1.54, 1.807) is 7.05 Å². The van der Waals surface area contributed by atoms with Gasteiger partial charge in [-0.3, -0.25) is 9.79 Å². The molecule has 6 nitrogen and oxygen atoms in total. The number of hydrogen-bond acceptors (Lipinski definition) is 3. The number of anilines is 1. The number of nitrogens with zero attached hydrogens (tertiary/aromatic N) is 3. The molecule has 1 aromatic rings. The van der Waals surface area contributed by atoms with E-state index >= 15 is 0 Å². The second kappa shape index (κ2) is 9.46. The molecule has 1 saturated heterocycles. The Morgan fingerprint density at radius 3 is 2.46 bits per heavy atom. The molecular weight excluding hydrogens is 326 g/mol. The highest BCUT2D eigenvalue weighted by Crippen LogP contribution is 2.17. The SMILES string of the molecule is CN=C(NCCC(=O)N1CCN(c2ccccc2)CC1)NC1CCCC1.